The molecule has 0 bridgehead atoms. The Labute approximate surface area is 106 Å². The van der Waals surface area contributed by atoms with E-state index in [-0.39, 0.29) is 5.54 Å². The molecule has 0 aliphatic heterocycles. The predicted molar refractivity (Wildman–Crippen MR) is 73.3 cm³/mol. The number of aryl methyl sites for hydroxylation is 1. The molecule has 17 heavy (non-hydrogen) atoms. The van der Waals surface area contributed by atoms with Gasteiger partial charge in [-0.3, -0.25) is 4.68 Å². The molecule has 0 fully saturated rings. The molecule has 0 saturated heterocycles. The van der Waals surface area contributed by atoms with Crippen LogP contribution in [-0.4, -0.2) is 21.9 Å². The van der Waals surface area contributed by atoms with E-state index in [2.05, 4.69) is 57.3 Å². The first-order valence-corrected chi connectivity index (χ1v) is 6.67. The van der Waals surface area contributed by atoms with Crippen LogP contribution in [0.25, 0.3) is 0 Å². The highest BCUT2D eigenvalue weighted by Gasteiger charge is 2.07. The van der Waals surface area contributed by atoms with E-state index < -0.39 is 0 Å². The zero-order valence-corrected chi connectivity index (χ0v) is 12.0. The summed E-state index contributed by atoms with van der Waals surface area (Å²) in [5.74, 6) is 0. The molecule has 1 heterocycles. The summed E-state index contributed by atoms with van der Waals surface area (Å²) in [7, 11) is 0. The molecule has 0 aliphatic carbocycles. The van der Waals surface area contributed by atoms with Crippen molar-refractivity contribution in [1.82, 2.24) is 15.1 Å². The quantitative estimate of drug-likeness (QED) is 0.770. The van der Waals surface area contributed by atoms with E-state index in [1.165, 1.54) is 18.5 Å². The largest absolute Gasteiger partial charge is 0.312 e. The van der Waals surface area contributed by atoms with Crippen LogP contribution in [0.3, 0.4) is 0 Å². The highest BCUT2D eigenvalue weighted by Crippen LogP contribution is 2.07. The van der Waals surface area contributed by atoms with Crippen molar-refractivity contribution in [3.8, 4) is 0 Å². The van der Waals surface area contributed by atoms with Gasteiger partial charge in [-0.15, -0.1) is 0 Å². The number of nitrogens with zero attached hydrogens (tertiary/aromatic N) is 2. The third kappa shape index (κ3) is 5.87. The molecular weight excluding hydrogens is 210 g/mol. The Hall–Kier alpha value is -0.830. The molecule has 1 N–H and O–H groups in total. The molecule has 1 aromatic heterocycles. The van der Waals surface area contributed by atoms with E-state index in [0.29, 0.717) is 6.04 Å². The van der Waals surface area contributed by atoms with Gasteiger partial charge in [0, 0.05) is 17.8 Å². The Morgan fingerprint density at radius 2 is 2.00 bits per heavy atom. The summed E-state index contributed by atoms with van der Waals surface area (Å²) in [4.78, 5) is 0. The van der Waals surface area contributed by atoms with E-state index in [0.717, 1.165) is 13.0 Å². The Morgan fingerprint density at radius 1 is 1.29 bits per heavy atom. The van der Waals surface area contributed by atoms with Crippen molar-refractivity contribution >= 4 is 0 Å². The average Bonchev–Trinajstić information content (AvgIpc) is 2.64. The molecule has 1 rings (SSSR count). The molecule has 0 atom stereocenters. The molecule has 98 valence electrons. The lowest BCUT2D eigenvalue weighted by Gasteiger charge is -2.20. The van der Waals surface area contributed by atoms with Gasteiger partial charge in [-0.05, 0) is 66.5 Å². The summed E-state index contributed by atoms with van der Waals surface area (Å²) in [6.45, 7) is 12.0. The summed E-state index contributed by atoms with van der Waals surface area (Å²) in [6.07, 6.45) is 5.59. The van der Waals surface area contributed by atoms with Crippen LogP contribution in [0.5, 0.6) is 0 Å². The first kappa shape index (κ1) is 14.2. The number of aromatic nitrogens is 2. The standard InChI is InChI=1S/C14H27N3/c1-12(2)17-11-9-13(16-17)8-6-7-10-15-14(3,4)5/h9,11-12,15H,6-8,10H2,1-5H3. The van der Waals surface area contributed by atoms with Gasteiger partial charge in [0.2, 0.25) is 0 Å². The Balaban J connectivity index is 2.18. The highest BCUT2D eigenvalue weighted by atomic mass is 15.3. The summed E-state index contributed by atoms with van der Waals surface area (Å²) in [5.41, 5.74) is 1.45. The van der Waals surface area contributed by atoms with Crippen LogP contribution < -0.4 is 5.32 Å². The van der Waals surface area contributed by atoms with Gasteiger partial charge < -0.3 is 5.32 Å². The van der Waals surface area contributed by atoms with E-state index in [1.54, 1.807) is 0 Å². The minimum atomic E-state index is 0.235. The Morgan fingerprint density at radius 3 is 2.53 bits per heavy atom. The second-order valence-electron chi connectivity index (χ2n) is 6.01. The number of rotatable bonds is 6. The van der Waals surface area contributed by atoms with Crippen LogP contribution in [0, 0.1) is 0 Å². The summed E-state index contributed by atoms with van der Waals surface area (Å²) in [5, 5.41) is 8.06. The third-order valence-corrected chi connectivity index (χ3v) is 2.71. The van der Waals surface area contributed by atoms with Crippen molar-refractivity contribution in [2.24, 2.45) is 0 Å². The Kier molecular flexibility index (Phi) is 5.19. The van der Waals surface area contributed by atoms with E-state index in [9.17, 15) is 0 Å². The SMILES string of the molecule is CC(C)n1ccc(CCCCNC(C)(C)C)n1. The first-order chi connectivity index (χ1) is 7.88. The molecule has 0 aliphatic rings. The molecule has 0 unspecified atom stereocenters. The van der Waals surface area contributed by atoms with Crippen LogP contribution in [0.1, 0.15) is 59.2 Å². The van der Waals surface area contributed by atoms with Gasteiger partial charge in [0.1, 0.15) is 0 Å². The number of hydrogen-bond donors (Lipinski definition) is 1. The van der Waals surface area contributed by atoms with Gasteiger partial charge in [0.05, 0.1) is 5.69 Å². The maximum Gasteiger partial charge on any atom is 0.0624 e. The molecule has 3 heteroatoms. The van der Waals surface area contributed by atoms with Gasteiger partial charge in [-0.1, -0.05) is 0 Å². The molecule has 0 amide bonds. The predicted octanol–water partition coefficient (Wildman–Crippen LogP) is 3.17. The second kappa shape index (κ2) is 6.20. The van der Waals surface area contributed by atoms with Crippen molar-refractivity contribution in [1.29, 1.82) is 0 Å². The molecular formula is C14H27N3. The van der Waals surface area contributed by atoms with Crippen LogP contribution >= 0.6 is 0 Å². The lowest BCUT2D eigenvalue weighted by molar-refractivity contribution is 0.418. The van der Waals surface area contributed by atoms with Crippen LogP contribution in [0.4, 0.5) is 0 Å². The molecule has 0 radical (unpaired) electrons. The van der Waals surface area contributed by atoms with Gasteiger partial charge in [-0.25, -0.2) is 0 Å². The van der Waals surface area contributed by atoms with Crippen molar-refractivity contribution in [2.45, 2.75) is 65.5 Å². The number of unbranched alkanes of at least 4 members (excludes halogenated alkanes) is 1. The zero-order valence-electron chi connectivity index (χ0n) is 12.0. The highest BCUT2D eigenvalue weighted by molar-refractivity contribution is 4.99. The van der Waals surface area contributed by atoms with Crippen molar-refractivity contribution in [2.75, 3.05) is 6.54 Å². The average molecular weight is 237 g/mol. The van der Waals surface area contributed by atoms with Gasteiger partial charge in [0.25, 0.3) is 0 Å². The topological polar surface area (TPSA) is 29.9 Å². The smallest absolute Gasteiger partial charge is 0.0624 e. The summed E-state index contributed by atoms with van der Waals surface area (Å²) >= 11 is 0. The van der Waals surface area contributed by atoms with Gasteiger partial charge in [0.15, 0.2) is 0 Å². The fourth-order valence-electron chi connectivity index (χ4n) is 1.69. The van der Waals surface area contributed by atoms with Crippen molar-refractivity contribution in [3.63, 3.8) is 0 Å². The summed E-state index contributed by atoms with van der Waals surface area (Å²) < 4.78 is 2.03. The maximum absolute atomic E-state index is 4.55. The fourth-order valence-corrected chi connectivity index (χ4v) is 1.69. The van der Waals surface area contributed by atoms with E-state index >= 15 is 0 Å². The number of nitrogens with one attached hydrogen (secondary N) is 1. The normalized spacial score (nSPS) is 12.4. The molecule has 0 aromatic carbocycles. The van der Waals surface area contributed by atoms with E-state index in [4.69, 9.17) is 0 Å². The zero-order chi connectivity index (χ0) is 12.9. The lowest BCUT2D eigenvalue weighted by Crippen LogP contribution is -2.36. The first-order valence-electron chi connectivity index (χ1n) is 6.67. The summed E-state index contributed by atoms with van der Waals surface area (Å²) in [6, 6.07) is 2.60. The van der Waals surface area contributed by atoms with Crippen LogP contribution in [0.2, 0.25) is 0 Å². The van der Waals surface area contributed by atoms with Gasteiger partial charge >= 0.3 is 0 Å². The van der Waals surface area contributed by atoms with Gasteiger partial charge in [-0.2, -0.15) is 5.10 Å². The third-order valence-electron chi connectivity index (χ3n) is 2.71. The fraction of sp³-hybridized carbons (Fsp3) is 0.786. The van der Waals surface area contributed by atoms with Crippen molar-refractivity contribution < 1.29 is 0 Å². The van der Waals surface area contributed by atoms with Crippen LogP contribution in [-0.2, 0) is 6.42 Å². The molecule has 3 nitrogen and oxygen atoms in total. The Bertz CT molecular complexity index is 320. The molecule has 0 saturated carbocycles. The lowest BCUT2D eigenvalue weighted by atomic mass is 10.1. The minimum Gasteiger partial charge on any atom is -0.312 e. The van der Waals surface area contributed by atoms with Crippen LogP contribution in [0.15, 0.2) is 12.3 Å². The maximum atomic E-state index is 4.55. The monoisotopic (exact) mass is 237 g/mol. The van der Waals surface area contributed by atoms with Crippen molar-refractivity contribution in [3.05, 3.63) is 18.0 Å². The van der Waals surface area contributed by atoms with E-state index in [1.807, 2.05) is 4.68 Å². The minimum absolute atomic E-state index is 0.235. The number of hydrogen-bond acceptors (Lipinski definition) is 2. The molecule has 1 aromatic rings. The second-order valence-corrected chi connectivity index (χ2v) is 6.01. The molecule has 0 spiro atoms.